The van der Waals surface area contributed by atoms with E-state index >= 15 is 0 Å². The van der Waals surface area contributed by atoms with Gasteiger partial charge in [-0.3, -0.25) is 0 Å². The average Bonchev–Trinajstić information content (AvgIpc) is 2.53. The summed E-state index contributed by atoms with van der Waals surface area (Å²) in [5.41, 5.74) is 2.68. The number of fused-ring (bicyclic) bond motifs is 1. The summed E-state index contributed by atoms with van der Waals surface area (Å²) >= 11 is 0. The topological polar surface area (TPSA) is 31.2 Å². The number of rotatable bonds is 2. The SMILES string of the molecule is CCOC(=O)c1c(C)c2ccccc2n1C. The van der Waals surface area contributed by atoms with E-state index in [0.29, 0.717) is 12.3 Å². The van der Waals surface area contributed by atoms with Gasteiger partial charge in [0.2, 0.25) is 0 Å². The molecule has 0 aliphatic heterocycles. The van der Waals surface area contributed by atoms with Crippen LogP contribution in [0.15, 0.2) is 24.3 Å². The predicted molar refractivity (Wildman–Crippen MR) is 63.6 cm³/mol. The molecule has 1 aromatic heterocycles. The number of aryl methyl sites for hydroxylation is 2. The Bertz CT molecular complexity index is 501. The zero-order valence-electron chi connectivity index (χ0n) is 9.78. The number of hydrogen-bond acceptors (Lipinski definition) is 2. The van der Waals surface area contributed by atoms with Crippen molar-refractivity contribution in [3.05, 3.63) is 35.5 Å². The maximum Gasteiger partial charge on any atom is 0.355 e. The summed E-state index contributed by atoms with van der Waals surface area (Å²) in [5, 5.41) is 1.10. The molecular formula is C13H15NO2. The lowest BCUT2D eigenvalue weighted by molar-refractivity contribution is 0.0515. The minimum absolute atomic E-state index is 0.251. The first-order valence-corrected chi connectivity index (χ1v) is 5.38. The Hall–Kier alpha value is -1.77. The van der Waals surface area contributed by atoms with E-state index in [4.69, 9.17) is 4.74 Å². The van der Waals surface area contributed by atoms with Gasteiger partial charge in [-0.05, 0) is 25.5 Å². The second-order valence-corrected chi connectivity index (χ2v) is 3.77. The van der Waals surface area contributed by atoms with E-state index in [9.17, 15) is 4.79 Å². The summed E-state index contributed by atoms with van der Waals surface area (Å²) in [5.74, 6) is -0.251. The van der Waals surface area contributed by atoms with Crippen LogP contribution in [-0.4, -0.2) is 17.1 Å². The molecule has 1 heterocycles. The van der Waals surface area contributed by atoms with Crippen LogP contribution in [0.1, 0.15) is 23.0 Å². The quantitative estimate of drug-likeness (QED) is 0.724. The highest BCUT2D eigenvalue weighted by molar-refractivity contribution is 5.98. The van der Waals surface area contributed by atoms with Gasteiger partial charge < -0.3 is 9.30 Å². The summed E-state index contributed by atoms with van der Waals surface area (Å²) in [6, 6.07) is 7.97. The highest BCUT2D eigenvalue weighted by atomic mass is 16.5. The van der Waals surface area contributed by atoms with Gasteiger partial charge in [-0.25, -0.2) is 4.79 Å². The molecule has 0 radical (unpaired) electrons. The Labute approximate surface area is 94.6 Å². The van der Waals surface area contributed by atoms with Crippen LogP contribution in [0.25, 0.3) is 10.9 Å². The molecule has 16 heavy (non-hydrogen) atoms. The number of esters is 1. The number of carbonyl (C=O) groups is 1. The lowest BCUT2D eigenvalue weighted by Gasteiger charge is -2.04. The molecule has 3 nitrogen and oxygen atoms in total. The first kappa shape index (κ1) is 10.7. The van der Waals surface area contributed by atoms with Gasteiger partial charge in [-0.1, -0.05) is 18.2 Å². The molecule has 2 aromatic rings. The second kappa shape index (κ2) is 4.00. The zero-order chi connectivity index (χ0) is 11.7. The van der Waals surface area contributed by atoms with E-state index in [1.54, 1.807) is 0 Å². The molecule has 0 aliphatic rings. The predicted octanol–water partition coefficient (Wildman–Crippen LogP) is 2.66. The molecule has 0 aliphatic carbocycles. The van der Waals surface area contributed by atoms with E-state index in [2.05, 4.69) is 0 Å². The fourth-order valence-electron chi connectivity index (χ4n) is 2.07. The van der Waals surface area contributed by atoms with Crippen molar-refractivity contribution in [2.24, 2.45) is 7.05 Å². The van der Waals surface area contributed by atoms with Gasteiger partial charge in [0, 0.05) is 18.0 Å². The number of hydrogen-bond donors (Lipinski definition) is 0. The molecular weight excluding hydrogens is 202 g/mol. The maximum atomic E-state index is 11.8. The molecule has 1 aromatic carbocycles. The van der Waals surface area contributed by atoms with Crippen LogP contribution in [0.4, 0.5) is 0 Å². The van der Waals surface area contributed by atoms with Crippen molar-refractivity contribution in [1.29, 1.82) is 0 Å². The highest BCUT2D eigenvalue weighted by Crippen LogP contribution is 2.24. The van der Waals surface area contributed by atoms with E-state index in [-0.39, 0.29) is 5.97 Å². The molecule has 3 heteroatoms. The number of ether oxygens (including phenoxy) is 1. The summed E-state index contributed by atoms with van der Waals surface area (Å²) in [6.07, 6.45) is 0. The van der Waals surface area contributed by atoms with Crippen LogP contribution in [0.3, 0.4) is 0 Å². The Kier molecular flexibility index (Phi) is 2.69. The first-order valence-electron chi connectivity index (χ1n) is 5.38. The number of carbonyl (C=O) groups excluding carboxylic acids is 1. The molecule has 0 amide bonds. The van der Waals surface area contributed by atoms with Gasteiger partial charge in [-0.2, -0.15) is 0 Å². The Balaban J connectivity index is 2.66. The Morgan fingerprint density at radius 1 is 1.38 bits per heavy atom. The smallest absolute Gasteiger partial charge is 0.355 e. The van der Waals surface area contributed by atoms with Crippen molar-refractivity contribution in [1.82, 2.24) is 4.57 Å². The van der Waals surface area contributed by atoms with Crippen LogP contribution < -0.4 is 0 Å². The molecule has 0 fully saturated rings. The fourth-order valence-corrected chi connectivity index (χ4v) is 2.07. The Morgan fingerprint density at radius 2 is 2.06 bits per heavy atom. The normalized spacial score (nSPS) is 10.7. The minimum Gasteiger partial charge on any atom is -0.461 e. The van der Waals surface area contributed by atoms with Crippen LogP contribution >= 0.6 is 0 Å². The summed E-state index contributed by atoms with van der Waals surface area (Å²) in [7, 11) is 1.89. The Morgan fingerprint density at radius 3 is 2.69 bits per heavy atom. The molecule has 0 unspecified atom stereocenters. The van der Waals surface area contributed by atoms with Crippen molar-refractivity contribution in [3.63, 3.8) is 0 Å². The number of aromatic nitrogens is 1. The zero-order valence-corrected chi connectivity index (χ0v) is 9.78. The van der Waals surface area contributed by atoms with E-state index in [1.165, 1.54) is 0 Å². The molecule has 0 atom stereocenters. The molecule has 84 valence electrons. The number of nitrogens with zero attached hydrogens (tertiary/aromatic N) is 1. The number of benzene rings is 1. The molecule has 0 saturated carbocycles. The highest BCUT2D eigenvalue weighted by Gasteiger charge is 2.18. The third-order valence-corrected chi connectivity index (χ3v) is 2.83. The van der Waals surface area contributed by atoms with Crippen LogP contribution in [-0.2, 0) is 11.8 Å². The van der Waals surface area contributed by atoms with Crippen molar-refractivity contribution >= 4 is 16.9 Å². The monoisotopic (exact) mass is 217 g/mol. The summed E-state index contributed by atoms with van der Waals surface area (Å²) in [4.78, 5) is 11.8. The van der Waals surface area contributed by atoms with E-state index < -0.39 is 0 Å². The molecule has 0 saturated heterocycles. The van der Waals surface area contributed by atoms with E-state index in [1.807, 2.05) is 49.7 Å². The van der Waals surface area contributed by atoms with Gasteiger partial charge in [0.05, 0.1) is 6.61 Å². The molecule has 2 rings (SSSR count). The summed E-state index contributed by atoms with van der Waals surface area (Å²) < 4.78 is 6.95. The third-order valence-electron chi connectivity index (χ3n) is 2.83. The lowest BCUT2D eigenvalue weighted by atomic mass is 10.1. The summed E-state index contributed by atoms with van der Waals surface area (Å²) in [6.45, 7) is 4.17. The number of para-hydroxylation sites is 1. The largest absolute Gasteiger partial charge is 0.461 e. The van der Waals surface area contributed by atoms with Crippen LogP contribution in [0.5, 0.6) is 0 Å². The van der Waals surface area contributed by atoms with Gasteiger partial charge in [0.25, 0.3) is 0 Å². The van der Waals surface area contributed by atoms with Gasteiger partial charge in [0.15, 0.2) is 0 Å². The van der Waals surface area contributed by atoms with Crippen LogP contribution in [0.2, 0.25) is 0 Å². The molecule has 0 bridgehead atoms. The van der Waals surface area contributed by atoms with Crippen molar-refractivity contribution in [3.8, 4) is 0 Å². The van der Waals surface area contributed by atoms with Crippen LogP contribution in [0, 0.1) is 6.92 Å². The van der Waals surface area contributed by atoms with Crippen molar-refractivity contribution in [2.75, 3.05) is 6.61 Å². The maximum absolute atomic E-state index is 11.8. The van der Waals surface area contributed by atoms with Gasteiger partial charge in [-0.15, -0.1) is 0 Å². The fraction of sp³-hybridized carbons (Fsp3) is 0.308. The second-order valence-electron chi connectivity index (χ2n) is 3.77. The lowest BCUT2D eigenvalue weighted by Crippen LogP contribution is -2.10. The third kappa shape index (κ3) is 1.48. The molecule has 0 N–H and O–H groups in total. The van der Waals surface area contributed by atoms with Gasteiger partial charge in [0.1, 0.15) is 5.69 Å². The minimum atomic E-state index is -0.251. The average molecular weight is 217 g/mol. The van der Waals surface area contributed by atoms with Crippen molar-refractivity contribution in [2.45, 2.75) is 13.8 Å². The first-order chi connectivity index (χ1) is 7.66. The van der Waals surface area contributed by atoms with Crippen molar-refractivity contribution < 1.29 is 9.53 Å². The van der Waals surface area contributed by atoms with E-state index in [0.717, 1.165) is 16.5 Å². The molecule has 0 spiro atoms. The van der Waals surface area contributed by atoms with Gasteiger partial charge >= 0.3 is 5.97 Å². The standard InChI is InChI=1S/C13H15NO2/c1-4-16-13(15)12-9(2)10-7-5-6-8-11(10)14(12)3/h5-8H,4H2,1-3H3.